The van der Waals surface area contributed by atoms with E-state index in [2.05, 4.69) is 23.8 Å². The van der Waals surface area contributed by atoms with Crippen molar-refractivity contribution in [2.75, 3.05) is 5.32 Å². The Kier molecular flexibility index (Phi) is 7.92. The third-order valence-corrected chi connectivity index (χ3v) is 5.21. The van der Waals surface area contributed by atoms with Gasteiger partial charge in [0.2, 0.25) is 0 Å². The maximum atomic E-state index is 8.74. The van der Waals surface area contributed by atoms with Crippen molar-refractivity contribution in [1.82, 2.24) is 15.4 Å². The minimum absolute atomic E-state index is 0.0363. The zero-order valence-corrected chi connectivity index (χ0v) is 17.7. The molecule has 0 aromatic carbocycles. The van der Waals surface area contributed by atoms with E-state index in [1.54, 1.807) is 6.08 Å². The lowest BCUT2D eigenvalue weighted by atomic mass is 10.1. The van der Waals surface area contributed by atoms with Crippen LogP contribution in [0.4, 0.5) is 5.82 Å². The Labute approximate surface area is 174 Å². The van der Waals surface area contributed by atoms with E-state index in [1.165, 1.54) is 11.3 Å². The van der Waals surface area contributed by atoms with Gasteiger partial charge in [0.1, 0.15) is 11.7 Å². The van der Waals surface area contributed by atoms with Crippen LogP contribution in [0.25, 0.3) is 10.7 Å². The SMILES string of the molecule is C=C/C(=C\C=C(/C)CC(=N)NO)Nc1nc(-c2ccc(Cl)s2)nc(C)c1CC. The number of nitrogens with zero attached hydrogens (tertiary/aromatic N) is 2. The molecule has 2 aromatic heterocycles. The van der Waals surface area contributed by atoms with Gasteiger partial charge in [0.25, 0.3) is 0 Å². The number of rotatable bonds is 8. The van der Waals surface area contributed by atoms with Gasteiger partial charge in [-0.1, -0.05) is 36.8 Å². The van der Waals surface area contributed by atoms with Crippen LogP contribution in [0.1, 0.15) is 31.5 Å². The minimum Gasteiger partial charge on any atom is -0.340 e. The highest BCUT2D eigenvalue weighted by Crippen LogP contribution is 2.31. The number of anilines is 1. The lowest BCUT2D eigenvalue weighted by molar-refractivity contribution is 0.231. The first kappa shape index (κ1) is 21.8. The summed E-state index contributed by atoms with van der Waals surface area (Å²) in [5, 5.41) is 19.5. The molecule has 148 valence electrons. The van der Waals surface area contributed by atoms with Crippen LogP contribution in [0.3, 0.4) is 0 Å². The summed E-state index contributed by atoms with van der Waals surface area (Å²) in [7, 11) is 0. The fourth-order valence-corrected chi connectivity index (χ4v) is 3.55. The van der Waals surface area contributed by atoms with Gasteiger partial charge in [-0.05, 0) is 44.6 Å². The van der Waals surface area contributed by atoms with Gasteiger partial charge in [0, 0.05) is 23.4 Å². The van der Waals surface area contributed by atoms with E-state index in [4.69, 9.17) is 27.2 Å². The highest BCUT2D eigenvalue weighted by molar-refractivity contribution is 7.19. The molecular weight excluding hydrogens is 394 g/mol. The van der Waals surface area contributed by atoms with E-state index < -0.39 is 0 Å². The molecule has 2 aromatic rings. The predicted octanol–water partition coefficient (Wildman–Crippen LogP) is 5.50. The Morgan fingerprint density at radius 3 is 2.68 bits per heavy atom. The molecule has 0 aliphatic rings. The molecule has 6 nitrogen and oxygen atoms in total. The summed E-state index contributed by atoms with van der Waals surface area (Å²) in [5.74, 6) is 1.40. The first-order valence-electron chi connectivity index (χ1n) is 8.75. The van der Waals surface area contributed by atoms with E-state index in [0.29, 0.717) is 16.6 Å². The zero-order chi connectivity index (χ0) is 20.7. The van der Waals surface area contributed by atoms with E-state index in [0.717, 1.165) is 39.6 Å². The monoisotopic (exact) mass is 417 g/mol. The highest BCUT2D eigenvalue weighted by Gasteiger charge is 2.13. The molecule has 0 unspecified atom stereocenters. The fourth-order valence-electron chi connectivity index (χ4n) is 2.57. The van der Waals surface area contributed by atoms with Gasteiger partial charge >= 0.3 is 0 Å². The standard InChI is InChI=1S/C20H24ClN5OS/c1-5-14(8-7-12(3)11-18(22)26-27)24-19-15(6-2)13(4)23-20(25-19)16-9-10-17(21)28-16/h5,7-10,27H,1,6,11H2,2-4H3,(H2,22,26)(H,23,24,25)/b12-7+,14-8+. The lowest BCUT2D eigenvalue weighted by Gasteiger charge is -2.14. The Balaban J connectivity index is 2.35. The molecule has 4 N–H and O–H groups in total. The average Bonchev–Trinajstić information content (AvgIpc) is 3.11. The van der Waals surface area contributed by atoms with Crippen molar-refractivity contribution < 1.29 is 5.21 Å². The summed E-state index contributed by atoms with van der Waals surface area (Å²) in [4.78, 5) is 10.2. The Hall–Kier alpha value is -2.48. The van der Waals surface area contributed by atoms with Crippen molar-refractivity contribution in [3.8, 4) is 10.7 Å². The topological polar surface area (TPSA) is 93.9 Å². The van der Waals surface area contributed by atoms with E-state index >= 15 is 0 Å². The molecule has 0 fully saturated rings. The summed E-state index contributed by atoms with van der Waals surface area (Å²) in [6.07, 6.45) is 6.56. The van der Waals surface area contributed by atoms with Crippen molar-refractivity contribution in [1.29, 1.82) is 5.41 Å². The van der Waals surface area contributed by atoms with E-state index in [9.17, 15) is 0 Å². The smallest absolute Gasteiger partial charge is 0.171 e. The number of amidine groups is 1. The lowest BCUT2D eigenvalue weighted by Crippen LogP contribution is -2.17. The maximum Gasteiger partial charge on any atom is 0.171 e. The van der Waals surface area contributed by atoms with E-state index in [-0.39, 0.29) is 5.84 Å². The van der Waals surface area contributed by atoms with Crippen LogP contribution in [0, 0.1) is 12.3 Å². The van der Waals surface area contributed by atoms with Gasteiger partial charge in [-0.15, -0.1) is 11.3 Å². The third kappa shape index (κ3) is 5.76. The molecular formula is C20H24ClN5OS. The van der Waals surface area contributed by atoms with Crippen LogP contribution in [0.5, 0.6) is 0 Å². The van der Waals surface area contributed by atoms with Crippen LogP contribution < -0.4 is 10.8 Å². The second-order valence-electron chi connectivity index (χ2n) is 6.15. The molecule has 28 heavy (non-hydrogen) atoms. The largest absolute Gasteiger partial charge is 0.340 e. The molecule has 0 saturated heterocycles. The van der Waals surface area contributed by atoms with Crippen LogP contribution in [-0.2, 0) is 6.42 Å². The molecule has 0 aliphatic carbocycles. The van der Waals surface area contributed by atoms with Crippen molar-refractivity contribution in [3.05, 3.63) is 63.8 Å². The number of thiophene rings is 1. The van der Waals surface area contributed by atoms with Gasteiger partial charge in [-0.25, -0.2) is 9.97 Å². The molecule has 0 radical (unpaired) electrons. The number of allylic oxidation sites excluding steroid dienone is 3. The van der Waals surface area contributed by atoms with Crippen molar-refractivity contribution >= 4 is 34.6 Å². The van der Waals surface area contributed by atoms with Crippen LogP contribution in [-0.4, -0.2) is 21.0 Å². The average molecular weight is 418 g/mol. The van der Waals surface area contributed by atoms with Gasteiger partial charge < -0.3 is 5.32 Å². The number of hydrogen-bond acceptors (Lipinski definition) is 6. The first-order chi connectivity index (χ1) is 13.4. The van der Waals surface area contributed by atoms with Crippen LogP contribution >= 0.6 is 22.9 Å². The maximum absolute atomic E-state index is 8.74. The van der Waals surface area contributed by atoms with Crippen molar-refractivity contribution in [2.45, 2.75) is 33.6 Å². The highest BCUT2D eigenvalue weighted by atomic mass is 35.5. The molecule has 0 spiro atoms. The third-order valence-electron chi connectivity index (χ3n) is 3.98. The molecule has 0 atom stereocenters. The molecule has 0 aliphatic heterocycles. The molecule has 0 amide bonds. The van der Waals surface area contributed by atoms with Gasteiger partial charge in [0.05, 0.1) is 9.21 Å². The summed E-state index contributed by atoms with van der Waals surface area (Å²) < 4.78 is 0.695. The van der Waals surface area contributed by atoms with Crippen molar-refractivity contribution in [3.63, 3.8) is 0 Å². The summed E-state index contributed by atoms with van der Waals surface area (Å²) >= 11 is 7.50. The number of halogens is 1. The Morgan fingerprint density at radius 1 is 1.36 bits per heavy atom. The van der Waals surface area contributed by atoms with Crippen molar-refractivity contribution in [2.24, 2.45) is 0 Å². The normalized spacial score (nSPS) is 12.0. The van der Waals surface area contributed by atoms with Crippen LogP contribution in [0.15, 0.2) is 48.2 Å². The van der Waals surface area contributed by atoms with Gasteiger partial charge in [-0.2, -0.15) is 0 Å². The summed E-state index contributed by atoms with van der Waals surface area (Å²) in [6.45, 7) is 9.78. The quantitative estimate of drug-likeness (QED) is 0.197. The molecule has 2 rings (SSSR count). The summed E-state index contributed by atoms with van der Waals surface area (Å²) in [5.41, 5.74) is 5.47. The molecule has 0 bridgehead atoms. The minimum atomic E-state index is 0.0363. The number of aromatic nitrogens is 2. The number of aryl methyl sites for hydroxylation is 1. The summed E-state index contributed by atoms with van der Waals surface area (Å²) in [6, 6.07) is 3.75. The number of nitrogens with one attached hydrogen (secondary N) is 3. The van der Waals surface area contributed by atoms with Gasteiger partial charge in [-0.3, -0.25) is 16.1 Å². The van der Waals surface area contributed by atoms with Crippen LogP contribution in [0.2, 0.25) is 4.34 Å². The number of hydroxylamine groups is 1. The number of hydrogen-bond donors (Lipinski definition) is 4. The zero-order valence-electron chi connectivity index (χ0n) is 16.1. The van der Waals surface area contributed by atoms with Gasteiger partial charge in [0.15, 0.2) is 5.82 Å². The molecule has 8 heteroatoms. The predicted molar refractivity (Wildman–Crippen MR) is 117 cm³/mol. The molecule has 0 saturated carbocycles. The first-order valence-corrected chi connectivity index (χ1v) is 9.95. The fraction of sp³-hybridized carbons (Fsp3) is 0.250. The Bertz CT molecular complexity index is 933. The second-order valence-corrected chi connectivity index (χ2v) is 7.86. The van der Waals surface area contributed by atoms with E-state index in [1.807, 2.05) is 43.6 Å². The second kappa shape index (κ2) is 10.2. The molecule has 2 heterocycles. The Morgan fingerprint density at radius 2 is 2.11 bits per heavy atom.